The number of benzene rings is 1. The Kier molecular flexibility index (Phi) is 3.26. The van der Waals surface area contributed by atoms with Gasteiger partial charge < -0.3 is 9.47 Å². The highest BCUT2D eigenvalue weighted by Gasteiger charge is 2.67. The molecule has 1 aliphatic heterocycles. The number of carbonyl (C=O) groups is 2. The molecule has 134 valence electrons. The molecule has 0 N–H and O–H groups in total. The van der Waals surface area contributed by atoms with Gasteiger partial charge in [-0.3, -0.25) is 9.59 Å². The van der Waals surface area contributed by atoms with E-state index < -0.39 is 0 Å². The average Bonchev–Trinajstić information content (AvgIpc) is 3.45. The van der Waals surface area contributed by atoms with E-state index in [1.54, 1.807) is 26.4 Å². The minimum absolute atomic E-state index is 0.151. The molecule has 2 bridgehead atoms. The minimum Gasteiger partial charge on any atom is -0.493 e. The summed E-state index contributed by atoms with van der Waals surface area (Å²) in [5.41, 5.74) is 0.738. The van der Waals surface area contributed by atoms with Crippen LogP contribution in [-0.4, -0.2) is 37.3 Å². The molecule has 26 heavy (non-hydrogen) atoms. The van der Waals surface area contributed by atoms with Gasteiger partial charge in [0.2, 0.25) is 0 Å². The molecule has 6 heteroatoms. The SMILES string of the molecule is COc1ccc(C=NN2C(=O)C3C4C=CC(C5CC45)C3C2=O)cc1OC. The zero-order valence-electron chi connectivity index (χ0n) is 14.7. The lowest BCUT2D eigenvalue weighted by atomic mass is 9.63. The van der Waals surface area contributed by atoms with Crippen molar-refractivity contribution >= 4 is 18.0 Å². The van der Waals surface area contributed by atoms with Crippen LogP contribution < -0.4 is 9.47 Å². The van der Waals surface area contributed by atoms with Crippen molar-refractivity contribution < 1.29 is 19.1 Å². The fourth-order valence-electron chi connectivity index (χ4n) is 5.11. The molecule has 1 saturated heterocycles. The van der Waals surface area contributed by atoms with Gasteiger partial charge in [0, 0.05) is 0 Å². The van der Waals surface area contributed by atoms with Gasteiger partial charge in [-0.25, -0.2) is 0 Å². The molecule has 5 aliphatic rings. The van der Waals surface area contributed by atoms with Crippen molar-refractivity contribution in [3.63, 3.8) is 0 Å². The zero-order chi connectivity index (χ0) is 18.0. The Morgan fingerprint density at radius 1 is 1.00 bits per heavy atom. The Labute approximate surface area is 151 Å². The van der Waals surface area contributed by atoms with Gasteiger partial charge >= 0.3 is 0 Å². The number of allylic oxidation sites excluding steroid dienone is 2. The minimum atomic E-state index is -0.219. The Balaban J connectivity index is 1.41. The Morgan fingerprint density at radius 2 is 1.62 bits per heavy atom. The highest BCUT2D eigenvalue weighted by Crippen LogP contribution is 2.65. The monoisotopic (exact) mass is 352 g/mol. The van der Waals surface area contributed by atoms with E-state index in [2.05, 4.69) is 17.3 Å². The van der Waals surface area contributed by atoms with Crippen LogP contribution in [0, 0.1) is 35.5 Å². The van der Waals surface area contributed by atoms with Crippen molar-refractivity contribution in [2.24, 2.45) is 40.6 Å². The zero-order valence-corrected chi connectivity index (χ0v) is 14.7. The number of amides is 2. The van der Waals surface area contributed by atoms with E-state index in [1.807, 2.05) is 6.07 Å². The van der Waals surface area contributed by atoms with E-state index in [0.717, 1.165) is 17.0 Å². The van der Waals surface area contributed by atoms with Crippen LogP contribution >= 0.6 is 0 Å². The second-order valence-electron chi connectivity index (χ2n) is 7.50. The van der Waals surface area contributed by atoms with Crippen LogP contribution in [0.3, 0.4) is 0 Å². The Bertz CT molecular complexity index is 825. The topological polar surface area (TPSA) is 68.2 Å². The van der Waals surface area contributed by atoms with Gasteiger partial charge in [-0.1, -0.05) is 12.2 Å². The summed E-state index contributed by atoms with van der Waals surface area (Å²) < 4.78 is 10.5. The van der Waals surface area contributed by atoms with Crippen LogP contribution in [0.25, 0.3) is 0 Å². The predicted octanol–water partition coefficient (Wildman–Crippen LogP) is 2.09. The first-order valence-corrected chi connectivity index (χ1v) is 8.96. The number of nitrogens with zero attached hydrogens (tertiary/aromatic N) is 2. The smallest absolute Gasteiger partial charge is 0.254 e. The number of ether oxygens (including phenoxy) is 2. The molecule has 6 rings (SSSR count). The molecule has 4 aliphatic carbocycles. The van der Waals surface area contributed by atoms with E-state index in [-0.39, 0.29) is 35.5 Å². The molecule has 6 nitrogen and oxygen atoms in total. The maximum Gasteiger partial charge on any atom is 0.254 e. The van der Waals surface area contributed by atoms with Gasteiger partial charge in [-0.15, -0.1) is 0 Å². The largest absolute Gasteiger partial charge is 0.493 e. The molecule has 6 atom stereocenters. The molecule has 0 aromatic heterocycles. The summed E-state index contributed by atoms with van der Waals surface area (Å²) in [4.78, 5) is 25.7. The number of hydrazone groups is 1. The summed E-state index contributed by atoms with van der Waals surface area (Å²) in [6.45, 7) is 0. The fraction of sp³-hybridized carbons (Fsp3) is 0.450. The molecule has 0 radical (unpaired) electrons. The van der Waals surface area contributed by atoms with E-state index in [1.165, 1.54) is 6.21 Å². The molecule has 3 fully saturated rings. The molecule has 6 unspecified atom stereocenters. The predicted molar refractivity (Wildman–Crippen MR) is 93.7 cm³/mol. The molecule has 0 spiro atoms. The summed E-state index contributed by atoms with van der Waals surface area (Å²) in [6.07, 6.45) is 7.01. The van der Waals surface area contributed by atoms with Crippen molar-refractivity contribution in [3.8, 4) is 11.5 Å². The van der Waals surface area contributed by atoms with Gasteiger partial charge in [0.15, 0.2) is 11.5 Å². The van der Waals surface area contributed by atoms with Crippen molar-refractivity contribution in [2.75, 3.05) is 14.2 Å². The van der Waals surface area contributed by atoms with Crippen molar-refractivity contribution in [1.82, 2.24) is 5.01 Å². The summed E-state index contributed by atoms with van der Waals surface area (Å²) in [6, 6.07) is 5.34. The van der Waals surface area contributed by atoms with E-state index in [0.29, 0.717) is 23.3 Å². The van der Waals surface area contributed by atoms with Gasteiger partial charge in [0.25, 0.3) is 11.8 Å². The first kappa shape index (κ1) is 15.6. The van der Waals surface area contributed by atoms with Crippen molar-refractivity contribution in [1.29, 1.82) is 0 Å². The van der Waals surface area contributed by atoms with Crippen LogP contribution in [-0.2, 0) is 9.59 Å². The Hall–Kier alpha value is -2.63. The molecule has 2 saturated carbocycles. The van der Waals surface area contributed by atoms with Crippen molar-refractivity contribution in [3.05, 3.63) is 35.9 Å². The van der Waals surface area contributed by atoms with Gasteiger partial charge in [-0.05, 0) is 53.9 Å². The second-order valence-corrected chi connectivity index (χ2v) is 7.50. The van der Waals surface area contributed by atoms with Gasteiger partial charge in [0.1, 0.15) is 0 Å². The van der Waals surface area contributed by atoms with Gasteiger partial charge in [-0.2, -0.15) is 10.1 Å². The van der Waals surface area contributed by atoms with Crippen LogP contribution in [0.15, 0.2) is 35.5 Å². The van der Waals surface area contributed by atoms with Crippen LogP contribution in [0.5, 0.6) is 11.5 Å². The van der Waals surface area contributed by atoms with E-state index in [9.17, 15) is 9.59 Å². The number of methoxy groups -OCH3 is 2. The lowest BCUT2D eigenvalue weighted by Crippen LogP contribution is -2.40. The normalized spacial score (nSPS) is 36.5. The maximum absolute atomic E-state index is 12.9. The van der Waals surface area contributed by atoms with Crippen LogP contribution in [0.2, 0.25) is 0 Å². The third kappa shape index (κ3) is 2.01. The first-order chi connectivity index (χ1) is 12.6. The molecule has 1 aromatic rings. The molecule has 1 aromatic carbocycles. The average molecular weight is 352 g/mol. The standard InChI is InChI=1S/C20H20N2O4/c1-25-15-6-3-10(7-16(15)26-2)9-21-22-19(23)17-11-4-5-12(14-8-13(11)14)18(17)20(22)24/h3-7,9,11-14,17-18H,8H2,1-2H3. The number of carbonyl (C=O) groups excluding carboxylic acids is 2. The highest BCUT2D eigenvalue weighted by molar-refractivity contribution is 6.06. The molecule has 1 heterocycles. The highest BCUT2D eigenvalue weighted by atomic mass is 16.5. The summed E-state index contributed by atoms with van der Waals surface area (Å²) in [5, 5.41) is 5.32. The fourth-order valence-corrected chi connectivity index (χ4v) is 5.11. The first-order valence-electron chi connectivity index (χ1n) is 8.96. The molecular formula is C20H20N2O4. The number of hydrogen-bond acceptors (Lipinski definition) is 5. The summed E-state index contributed by atoms with van der Waals surface area (Å²) >= 11 is 0. The summed E-state index contributed by atoms with van der Waals surface area (Å²) in [5.74, 6) is 2.07. The Morgan fingerprint density at radius 3 is 2.19 bits per heavy atom. The lowest BCUT2D eigenvalue weighted by Gasteiger charge is -2.37. The third-order valence-electron chi connectivity index (χ3n) is 6.37. The molecule has 2 amide bonds. The second kappa shape index (κ2) is 5.43. The number of imide groups is 1. The van der Waals surface area contributed by atoms with Crippen molar-refractivity contribution in [2.45, 2.75) is 6.42 Å². The van der Waals surface area contributed by atoms with Crippen LogP contribution in [0.4, 0.5) is 0 Å². The lowest BCUT2D eigenvalue weighted by molar-refractivity contribution is -0.140. The van der Waals surface area contributed by atoms with E-state index in [4.69, 9.17) is 9.47 Å². The quantitative estimate of drug-likeness (QED) is 0.473. The third-order valence-corrected chi connectivity index (χ3v) is 6.37. The maximum atomic E-state index is 12.9. The summed E-state index contributed by atoms with van der Waals surface area (Å²) in [7, 11) is 3.13. The van der Waals surface area contributed by atoms with Crippen LogP contribution in [0.1, 0.15) is 12.0 Å². The van der Waals surface area contributed by atoms with E-state index >= 15 is 0 Å². The molecular weight excluding hydrogens is 332 g/mol. The number of hydrogen-bond donors (Lipinski definition) is 0. The van der Waals surface area contributed by atoms with Gasteiger partial charge in [0.05, 0.1) is 32.3 Å². The number of rotatable bonds is 4.